The molecule has 0 saturated carbocycles. The van der Waals surface area contributed by atoms with E-state index in [-0.39, 0.29) is 6.42 Å². The molecule has 0 saturated heterocycles. The summed E-state index contributed by atoms with van der Waals surface area (Å²) in [4.78, 5) is 0. The van der Waals surface area contributed by atoms with Crippen LogP contribution >= 0.6 is 0 Å². The van der Waals surface area contributed by atoms with E-state index in [9.17, 15) is 26.3 Å². The van der Waals surface area contributed by atoms with Gasteiger partial charge in [-0.15, -0.1) is 0 Å². The lowest BCUT2D eigenvalue weighted by Gasteiger charge is -2.14. The maximum atomic E-state index is 12.5. The predicted octanol–water partition coefficient (Wildman–Crippen LogP) is 4.97. The molecule has 0 bridgehead atoms. The van der Waals surface area contributed by atoms with Crippen molar-refractivity contribution in [3.05, 3.63) is 70.8 Å². The molecule has 0 aliphatic carbocycles. The van der Waals surface area contributed by atoms with E-state index in [2.05, 4.69) is 0 Å². The monoisotopic (exact) mass is 333 g/mol. The van der Waals surface area contributed by atoms with Crippen LogP contribution in [-0.2, 0) is 18.8 Å². The summed E-state index contributed by atoms with van der Waals surface area (Å²) < 4.78 is 74.8. The molecule has 0 radical (unpaired) electrons. The second-order valence-electron chi connectivity index (χ2n) is 5.13. The van der Waals surface area contributed by atoms with Crippen LogP contribution in [0.25, 0.3) is 0 Å². The Morgan fingerprint density at radius 2 is 1.09 bits per heavy atom. The van der Waals surface area contributed by atoms with Crippen molar-refractivity contribution in [1.82, 2.24) is 0 Å². The SMILES string of the molecule is N[C@@H](Cc1ccc(C(F)(F)F)cc1)c1ccc(C(F)(F)F)cc1. The third kappa shape index (κ3) is 4.48. The average molecular weight is 333 g/mol. The van der Waals surface area contributed by atoms with Crippen molar-refractivity contribution in [2.45, 2.75) is 24.8 Å². The Hall–Kier alpha value is -2.02. The van der Waals surface area contributed by atoms with Crippen LogP contribution in [0.3, 0.4) is 0 Å². The molecule has 0 aliphatic rings. The van der Waals surface area contributed by atoms with Crippen molar-refractivity contribution < 1.29 is 26.3 Å². The van der Waals surface area contributed by atoms with Crippen LogP contribution in [0.1, 0.15) is 28.3 Å². The van der Waals surface area contributed by atoms with Crippen molar-refractivity contribution in [3.8, 4) is 0 Å². The highest BCUT2D eigenvalue weighted by atomic mass is 19.4. The van der Waals surface area contributed by atoms with Gasteiger partial charge in [0.25, 0.3) is 0 Å². The minimum atomic E-state index is -4.42. The zero-order chi connectivity index (χ0) is 17.3. The third-order valence-corrected chi connectivity index (χ3v) is 3.40. The van der Waals surface area contributed by atoms with E-state index in [1.807, 2.05) is 0 Å². The second kappa shape index (κ2) is 6.23. The van der Waals surface area contributed by atoms with Crippen molar-refractivity contribution in [2.24, 2.45) is 5.73 Å². The molecular weight excluding hydrogens is 320 g/mol. The predicted molar refractivity (Wildman–Crippen MR) is 73.5 cm³/mol. The van der Waals surface area contributed by atoms with Crippen LogP contribution in [0.15, 0.2) is 48.5 Å². The van der Waals surface area contributed by atoms with Crippen molar-refractivity contribution >= 4 is 0 Å². The molecule has 0 unspecified atom stereocenters. The summed E-state index contributed by atoms with van der Waals surface area (Å²) in [5.74, 6) is 0. The Bertz CT molecular complexity index is 640. The number of hydrogen-bond donors (Lipinski definition) is 1. The standard InChI is InChI=1S/C16H13F6N/c17-15(18,19)12-5-1-10(2-6-12)9-14(23)11-3-7-13(8-4-11)16(20,21)22/h1-8,14H,9,23H2/t14-/m0/s1. The van der Waals surface area contributed by atoms with E-state index < -0.39 is 29.5 Å². The highest BCUT2D eigenvalue weighted by Crippen LogP contribution is 2.31. The molecule has 0 fully saturated rings. The van der Waals surface area contributed by atoms with Crippen LogP contribution in [0, 0.1) is 0 Å². The minimum absolute atomic E-state index is 0.226. The van der Waals surface area contributed by atoms with E-state index in [1.165, 1.54) is 24.3 Å². The van der Waals surface area contributed by atoms with Gasteiger partial charge < -0.3 is 5.73 Å². The Morgan fingerprint density at radius 1 is 0.696 bits per heavy atom. The van der Waals surface area contributed by atoms with Gasteiger partial charge in [0.1, 0.15) is 0 Å². The molecule has 2 aromatic carbocycles. The Labute approximate surface area is 128 Å². The molecule has 0 amide bonds. The molecule has 0 aliphatic heterocycles. The lowest BCUT2D eigenvalue weighted by molar-refractivity contribution is -0.138. The first-order chi connectivity index (χ1) is 10.6. The summed E-state index contributed by atoms with van der Waals surface area (Å²) >= 11 is 0. The fraction of sp³-hybridized carbons (Fsp3) is 0.250. The molecule has 2 N–H and O–H groups in total. The molecule has 1 nitrogen and oxygen atoms in total. The van der Waals surface area contributed by atoms with E-state index in [4.69, 9.17) is 5.73 Å². The molecule has 2 aromatic rings. The fourth-order valence-corrected chi connectivity index (χ4v) is 2.12. The Balaban J connectivity index is 2.08. The molecule has 23 heavy (non-hydrogen) atoms. The number of nitrogens with two attached hydrogens (primary N) is 1. The van der Waals surface area contributed by atoms with E-state index >= 15 is 0 Å². The summed E-state index contributed by atoms with van der Waals surface area (Å²) in [5, 5.41) is 0. The summed E-state index contributed by atoms with van der Waals surface area (Å²) in [7, 11) is 0. The Kier molecular flexibility index (Phi) is 4.70. The van der Waals surface area contributed by atoms with Gasteiger partial charge in [-0.1, -0.05) is 24.3 Å². The summed E-state index contributed by atoms with van der Waals surface area (Å²) in [6.07, 6.45) is -8.60. The van der Waals surface area contributed by atoms with Crippen LogP contribution < -0.4 is 5.73 Å². The fourth-order valence-electron chi connectivity index (χ4n) is 2.12. The summed E-state index contributed by atoms with van der Waals surface area (Å²) in [6.45, 7) is 0. The highest BCUT2D eigenvalue weighted by molar-refractivity contribution is 5.30. The van der Waals surface area contributed by atoms with Gasteiger partial charge in [0.2, 0.25) is 0 Å². The number of rotatable bonds is 3. The van der Waals surface area contributed by atoms with Gasteiger partial charge >= 0.3 is 12.4 Å². The molecule has 0 aromatic heterocycles. The first-order valence-corrected chi connectivity index (χ1v) is 6.66. The summed E-state index contributed by atoms with van der Waals surface area (Å²) in [6, 6.07) is 8.34. The maximum Gasteiger partial charge on any atom is 0.416 e. The highest BCUT2D eigenvalue weighted by Gasteiger charge is 2.31. The number of alkyl halides is 6. The number of benzene rings is 2. The molecule has 0 heterocycles. The third-order valence-electron chi connectivity index (χ3n) is 3.40. The van der Waals surface area contributed by atoms with Gasteiger partial charge in [-0.2, -0.15) is 26.3 Å². The second-order valence-corrected chi connectivity index (χ2v) is 5.13. The molecule has 2 rings (SSSR count). The smallest absolute Gasteiger partial charge is 0.324 e. The first kappa shape index (κ1) is 17.3. The van der Waals surface area contributed by atoms with E-state index in [1.54, 1.807) is 0 Å². The van der Waals surface area contributed by atoms with E-state index in [0.29, 0.717) is 11.1 Å². The molecule has 7 heteroatoms. The van der Waals surface area contributed by atoms with Crippen LogP contribution in [0.2, 0.25) is 0 Å². The van der Waals surface area contributed by atoms with E-state index in [0.717, 1.165) is 24.3 Å². The van der Waals surface area contributed by atoms with Gasteiger partial charge in [-0.05, 0) is 41.8 Å². The van der Waals surface area contributed by atoms with Crippen molar-refractivity contribution in [3.63, 3.8) is 0 Å². The molecule has 124 valence electrons. The maximum absolute atomic E-state index is 12.5. The van der Waals surface area contributed by atoms with Gasteiger partial charge in [0.15, 0.2) is 0 Å². The Morgan fingerprint density at radius 3 is 1.48 bits per heavy atom. The summed E-state index contributed by atoms with van der Waals surface area (Å²) in [5.41, 5.74) is 5.43. The van der Waals surface area contributed by atoms with Gasteiger partial charge in [0, 0.05) is 6.04 Å². The largest absolute Gasteiger partial charge is 0.416 e. The minimum Gasteiger partial charge on any atom is -0.324 e. The lowest BCUT2D eigenvalue weighted by atomic mass is 9.98. The van der Waals surface area contributed by atoms with Crippen molar-refractivity contribution in [1.29, 1.82) is 0 Å². The normalized spacial score (nSPS) is 13.9. The van der Waals surface area contributed by atoms with Crippen LogP contribution in [0.5, 0.6) is 0 Å². The number of hydrogen-bond acceptors (Lipinski definition) is 1. The van der Waals surface area contributed by atoms with Gasteiger partial charge in [-0.25, -0.2) is 0 Å². The molecule has 1 atom stereocenters. The lowest BCUT2D eigenvalue weighted by Crippen LogP contribution is -2.14. The zero-order valence-corrected chi connectivity index (χ0v) is 11.7. The molecule has 0 spiro atoms. The molecular formula is C16H13F6N. The van der Waals surface area contributed by atoms with Gasteiger partial charge in [-0.3, -0.25) is 0 Å². The van der Waals surface area contributed by atoms with Crippen LogP contribution in [0.4, 0.5) is 26.3 Å². The zero-order valence-electron chi connectivity index (χ0n) is 11.7. The van der Waals surface area contributed by atoms with Crippen molar-refractivity contribution in [2.75, 3.05) is 0 Å². The number of halogens is 6. The van der Waals surface area contributed by atoms with Gasteiger partial charge in [0.05, 0.1) is 11.1 Å². The quantitative estimate of drug-likeness (QED) is 0.789. The van der Waals surface area contributed by atoms with Crippen LogP contribution in [-0.4, -0.2) is 0 Å². The topological polar surface area (TPSA) is 26.0 Å². The average Bonchev–Trinajstić information content (AvgIpc) is 2.46. The first-order valence-electron chi connectivity index (χ1n) is 6.66.